The highest BCUT2D eigenvalue weighted by molar-refractivity contribution is 9.10. The van der Waals surface area contributed by atoms with Gasteiger partial charge in [0.25, 0.3) is 0 Å². The van der Waals surface area contributed by atoms with Gasteiger partial charge in [0, 0.05) is 4.47 Å². The van der Waals surface area contributed by atoms with Crippen LogP contribution in [0.25, 0.3) is 0 Å². The van der Waals surface area contributed by atoms with Gasteiger partial charge in [0.1, 0.15) is 19.8 Å². The number of alkyl halides is 3. The number of nitrogens with one attached hydrogen (secondary N) is 1. The Morgan fingerprint density at radius 3 is 2.48 bits per heavy atom. The molecule has 1 heterocycles. The van der Waals surface area contributed by atoms with Crippen LogP contribution in [0.3, 0.4) is 0 Å². The van der Waals surface area contributed by atoms with E-state index in [4.69, 9.17) is 14.2 Å². The topological polar surface area (TPSA) is 39.7 Å². The predicted molar refractivity (Wildman–Crippen MR) is 73.8 cm³/mol. The summed E-state index contributed by atoms with van der Waals surface area (Å²) in [5.41, 5.74) is 0.754. The Hall–Kier alpha value is -0.990. The molecule has 1 atom stereocenters. The standard InChI is InChI=1S/C13H15BrF3NO3/c1-18-10(6-19-7-13(15,16)17)8-4-11-12(5-9(8)14)21-3-2-20-11/h4-5,10,18H,2-3,6-7H2,1H3. The molecule has 0 aliphatic carbocycles. The number of benzene rings is 1. The molecule has 0 saturated carbocycles. The molecule has 1 N–H and O–H groups in total. The van der Waals surface area contributed by atoms with Crippen molar-refractivity contribution in [2.45, 2.75) is 12.2 Å². The molecule has 8 heteroatoms. The van der Waals surface area contributed by atoms with Gasteiger partial charge in [0.2, 0.25) is 0 Å². The monoisotopic (exact) mass is 369 g/mol. The highest BCUT2D eigenvalue weighted by Gasteiger charge is 2.28. The minimum absolute atomic E-state index is 0.103. The third-order valence-electron chi connectivity index (χ3n) is 2.94. The number of hydrogen-bond acceptors (Lipinski definition) is 4. The number of halogens is 4. The van der Waals surface area contributed by atoms with E-state index in [1.54, 1.807) is 19.2 Å². The van der Waals surface area contributed by atoms with Gasteiger partial charge in [0.15, 0.2) is 11.5 Å². The van der Waals surface area contributed by atoms with Crippen molar-refractivity contribution in [2.24, 2.45) is 0 Å². The number of likely N-dealkylation sites (N-methyl/N-ethyl adjacent to an activating group) is 1. The molecule has 0 amide bonds. The molecule has 21 heavy (non-hydrogen) atoms. The van der Waals surface area contributed by atoms with E-state index >= 15 is 0 Å². The first-order valence-corrected chi connectivity index (χ1v) is 7.11. The van der Waals surface area contributed by atoms with Gasteiger partial charge in [-0.3, -0.25) is 0 Å². The smallest absolute Gasteiger partial charge is 0.411 e. The molecule has 1 unspecified atom stereocenters. The average molecular weight is 370 g/mol. The van der Waals surface area contributed by atoms with Gasteiger partial charge in [-0.05, 0) is 24.7 Å². The third-order valence-corrected chi connectivity index (χ3v) is 3.62. The molecule has 1 aliphatic heterocycles. The Bertz CT molecular complexity index is 496. The van der Waals surface area contributed by atoms with Gasteiger partial charge in [-0.25, -0.2) is 0 Å². The molecule has 0 bridgehead atoms. The highest BCUT2D eigenvalue weighted by atomic mass is 79.9. The van der Waals surface area contributed by atoms with E-state index in [0.717, 1.165) is 10.0 Å². The number of ether oxygens (including phenoxy) is 3. The summed E-state index contributed by atoms with van der Waals surface area (Å²) >= 11 is 3.39. The quantitative estimate of drug-likeness (QED) is 0.865. The number of hydrogen-bond donors (Lipinski definition) is 1. The largest absolute Gasteiger partial charge is 0.486 e. The van der Waals surface area contributed by atoms with Gasteiger partial charge in [0.05, 0.1) is 12.6 Å². The fourth-order valence-electron chi connectivity index (χ4n) is 1.97. The third kappa shape index (κ3) is 4.49. The first-order chi connectivity index (χ1) is 9.90. The summed E-state index contributed by atoms with van der Waals surface area (Å²) in [7, 11) is 1.66. The molecule has 1 aromatic rings. The molecule has 0 spiro atoms. The van der Waals surface area contributed by atoms with Crippen LogP contribution in [-0.4, -0.2) is 39.7 Å². The van der Waals surface area contributed by atoms with Crippen molar-refractivity contribution >= 4 is 15.9 Å². The summed E-state index contributed by atoms with van der Waals surface area (Å²) in [5, 5.41) is 2.93. The second kappa shape index (κ2) is 6.85. The lowest BCUT2D eigenvalue weighted by Crippen LogP contribution is -2.26. The van der Waals surface area contributed by atoms with Gasteiger partial charge < -0.3 is 19.5 Å². The summed E-state index contributed by atoms with van der Waals surface area (Å²) in [6, 6.07) is 3.10. The molecule has 0 fully saturated rings. The first-order valence-electron chi connectivity index (χ1n) is 6.31. The SMILES string of the molecule is CNC(COCC(F)(F)F)c1cc2c(cc1Br)OCCO2. The molecule has 0 saturated heterocycles. The van der Waals surface area contributed by atoms with Crippen molar-refractivity contribution in [3.05, 3.63) is 22.2 Å². The van der Waals surface area contributed by atoms with Crippen LogP contribution in [0.5, 0.6) is 11.5 Å². The van der Waals surface area contributed by atoms with Crippen LogP contribution >= 0.6 is 15.9 Å². The minimum Gasteiger partial charge on any atom is -0.486 e. The predicted octanol–water partition coefficient (Wildman–Crippen LogP) is 3.06. The Labute approximate surface area is 128 Å². The fraction of sp³-hybridized carbons (Fsp3) is 0.538. The van der Waals surface area contributed by atoms with Crippen molar-refractivity contribution in [1.29, 1.82) is 0 Å². The molecule has 0 radical (unpaired) electrons. The van der Waals surface area contributed by atoms with Crippen LogP contribution in [-0.2, 0) is 4.74 Å². The summed E-state index contributed by atoms with van der Waals surface area (Å²) in [4.78, 5) is 0. The average Bonchev–Trinajstić information content (AvgIpc) is 2.42. The summed E-state index contributed by atoms with van der Waals surface area (Å²) in [6.07, 6.45) is -4.33. The zero-order valence-corrected chi connectivity index (χ0v) is 12.9. The molecule has 0 aromatic heterocycles. The molecule has 118 valence electrons. The molecular weight excluding hydrogens is 355 g/mol. The van der Waals surface area contributed by atoms with Crippen molar-refractivity contribution in [1.82, 2.24) is 5.32 Å². The molecule has 2 rings (SSSR count). The van der Waals surface area contributed by atoms with Gasteiger partial charge >= 0.3 is 6.18 Å². The van der Waals surface area contributed by atoms with E-state index < -0.39 is 18.8 Å². The van der Waals surface area contributed by atoms with Crippen LogP contribution in [0.2, 0.25) is 0 Å². The van der Waals surface area contributed by atoms with Crippen molar-refractivity contribution in [2.75, 3.05) is 33.5 Å². The lowest BCUT2D eigenvalue weighted by Gasteiger charge is -2.23. The Morgan fingerprint density at radius 2 is 1.90 bits per heavy atom. The molecule has 1 aliphatic rings. The van der Waals surface area contributed by atoms with Gasteiger partial charge in [-0.15, -0.1) is 0 Å². The van der Waals surface area contributed by atoms with Gasteiger partial charge in [-0.1, -0.05) is 15.9 Å². The maximum atomic E-state index is 12.1. The van der Waals surface area contributed by atoms with Crippen molar-refractivity contribution in [3.8, 4) is 11.5 Å². The van der Waals surface area contributed by atoms with Crippen molar-refractivity contribution < 1.29 is 27.4 Å². The van der Waals surface area contributed by atoms with E-state index in [1.807, 2.05) is 0 Å². The van der Waals surface area contributed by atoms with E-state index in [9.17, 15) is 13.2 Å². The zero-order valence-electron chi connectivity index (χ0n) is 11.3. The summed E-state index contributed by atoms with van der Waals surface area (Å²) in [6.45, 7) is -0.451. The first kappa shape index (κ1) is 16.4. The molecule has 4 nitrogen and oxygen atoms in total. The maximum Gasteiger partial charge on any atom is 0.411 e. The number of fused-ring (bicyclic) bond motifs is 1. The number of rotatable bonds is 5. The Balaban J connectivity index is 2.10. The Morgan fingerprint density at radius 1 is 1.29 bits per heavy atom. The molecule has 1 aromatic carbocycles. The van der Waals surface area contributed by atoms with E-state index in [1.165, 1.54) is 0 Å². The maximum absolute atomic E-state index is 12.1. The normalized spacial score (nSPS) is 15.9. The zero-order chi connectivity index (χ0) is 15.5. The second-order valence-electron chi connectivity index (χ2n) is 4.49. The van der Waals surface area contributed by atoms with Crippen LogP contribution < -0.4 is 14.8 Å². The second-order valence-corrected chi connectivity index (χ2v) is 5.34. The van der Waals surface area contributed by atoms with Crippen LogP contribution in [0, 0.1) is 0 Å². The van der Waals surface area contributed by atoms with E-state index in [-0.39, 0.29) is 6.61 Å². The summed E-state index contributed by atoms with van der Waals surface area (Å²) < 4.78 is 52.7. The van der Waals surface area contributed by atoms with E-state index in [0.29, 0.717) is 24.7 Å². The van der Waals surface area contributed by atoms with Crippen LogP contribution in [0.1, 0.15) is 11.6 Å². The van der Waals surface area contributed by atoms with Gasteiger partial charge in [-0.2, -0.15) is 13.2 Å². The highest BCUT2D eigenvalue weighted by Crippen LogP contribution is 2.37. The van der Waals surface area contributed by atoms with Crippen LogP contribution in [0.4, 0.5) is 13.2 Å². The lowest BCUT2D eigenvalue weighted by molar-refractivity contribution is -0.175. The van der Waals surface area contributed by atoms with E-state index in [2.05, 4.69) is 21.2 Å². The Kier molecular flexibility index (Phi) is 5.34. The van der Waals surface area contributed by atoms with Crippen LogP contribution in [0.15, 0.2) is 16.6 Å². The molecular formula is C13H15BrF3NO3. The van der Waals surface area contributed by atoms with Crippen molar-refractivity contribution in [3.63, 3.8) is 0 Å². The minimum atomic E-state index is -4.33. The fourth-order valence-corrected chi connectivity index (χ4v) is 2.57. The summed E-state index contributed by atoms with van der Waals surface area (Å²) in [5.74, 6) is 1.19. The lowest BCUT2D eigenvalue weighted by atomic mass is 10.1.